The fourth-order valence-electron chi connectivity index (χ4n) is 1.53. The van der Waals surface area contributed by atoms with Crippen molar-refractivity contribution >= 4 is 44.8 Å². The second-order valence-electron chi connectivity index (χ2n) is 3.85. The van der Waals surface area contributed by atoms with E-state index in [4.69, 9.17) is 17.3 Å². The molecule has 0 atom stereocenters. The summed E-state index contributed by atoms with van der Waals surface area (Å²) in [6.45, 7) is 0. The minimum absolute atomic E-state index is 0.0241. The van der Waals surface area contributed by atoms with Gasteiger partial charge in [-0.05, 0) is 36.4 Å². The van der Waals surface area contributed by atoms with Crippen LogP contribution in [0.25, 0.3) is 0 Å². The Kier molecular flexibility index (Phi) is 4.07. The maximum Gasteiger partial charge on any atom is 0.255 e. The number of anilines is 2. The third-order valence-corrected chi connectivity index (χ3v) is 3.05. The normalized spacial score (nSPS) is 10.3. The van der Waals surface area contributed by atoms with Gasteiger partial charge in [0.15, 0.2) is 0 Å². The van der Waals surface area contributed by atoms with Crippen LogP contribution in [0.4, 0.5) is 15.8 Å². The van der Waals surface area contributed by atoms with E-state index in [2.05, 4.69) is 21.2 Å². The topological polar surface area (TPSA) is 55.1 Å². The summed E-state index contributed by atoms with van der Waals surface area (Å²) < 4.78 is 14.2. The highest BCUT2D eigenvalue weighted by Gasteiger charge is 2.11. The molecule has 0 saturated carbocycles. The molecule has 0 aromatic heterocycles. The van der Waals surface area contributed by atoms with E-state index in [1.54, 1.807) is 12.1 Å². The summed E-state index contributed by atoms with van der Waals surface area (Å²) in [5.41, 5.74) is 6.42. The van der Waals surface area contributed by atoms with Crippen LogP contribution in [0.5, 0.6) is 0 Å². The maximum absolute atomic E-state index is 13.5. The second kappa shape index (κ2) is 5.59. The second-order valence-corrected chi connectivity index (χ2v) is 5.20. The van der Waals surface area contributed by atoms with Gasteiger partial charge in [0.05, 0.1) is 5.69 Å². The van der Waals surface area contributed by atoms with E-state index in [-0.39, 0.29) is 5.69 Å². The van der Waals surface area contributed by atoms with Gasteiger partial charge in [-0.15, -0.1) is 0 Å². The standard InChI is InChI=1S/C13H9BrClFN2O/c14-8-3-7(4-10(17)5-8)13(19)18-12-6-9(15)1-2-11(12)16/h1-6H,17H2,(H,18,19). The summed E-state index contributed by atoms with van der Waals surface area (Å²) in [6.07, 6.45) is 0. The zero-order chi connectivity index (χ0) is 14.0. The van der Waals surface area contributed by atoms with Crippen LogP contribution >= 0.6 is 27.5 Å². The lowest BCUT2D eigenvalue weighted by Gasteiger charge is -2.08. The molecule has 0 saturated heterocycles. The van der Waals surface area contributed by atoms with Crippen LogP contribution in [0.15, 0.2) is 40.9 Å². The van der Waals surface area contributed by atoms with E-state index in [0.717, 1.165) is 0 Å². The number of halogens is 3. The Hall–Kier alpha value is -1.59. The van der Waals surface area contributed by atoms with E-state index in [0.29, 0.717) is 20.7 Å². The summed E-state index contributed by atoms with van der Waals surface area (Å²) in [5, 5.41) is 2.79. The van der Waals surface area contributed by atoms with Crippen molar-refractivity contribution < 1.29 is 9.18 Å². The highest BCUT2D eigenvalue weighted by molar-refractivity contribution is 9.10. The molecule has 0 radical (unpaired) electrons. The van der Waals surface area contributed by atoms with Gasteiger partial charge < -0.3 is 11.1 Å². The van der Waals surface area contributed by atoms with Crippen molar-refractivity contribution in [3.63, 3.8) is 0 Å². The summed E-state index contributed by atoms with van der Waals surface area (Å²) >= 11 is 8.99. The molecule has 0 aliphatic carbocycles. The van der Waals surface area contributed by atoms with Crippen molar-refractivity contribution in [2.45, 2.75) is 0 Å². The van der Waals surface area contributed by atoms with Crippen molar-refractivity contribution in [3.8, 4) is 0 Å². The molecular formula is C13H9BrClFN2O. The first-order valence-electron chi connectivity index (χ1n) is 5.28. The maximum atomic E-state index is 13.5. The van der Waals surface area contributed by atoms with Crippen molar-refractivity contribution in [2.24, 2.45) is 0 Å². The predicted octanol–water partition coefficient (Wildman–Crippen LogP) is 4.08. The Bertz CT molecular complexity index is 628. The minimum Gasteiger partial charge on any atom is -0.399 e. The molecule has 0 heterocycles. The van der Waals surface area contributed by atoms with Gasteiger partial charge >= 0.3 is 0 Å². The molecule has 6 heteroatoms. The van der Waals surface area contributed by atoms with Gasteiger partial charge in [-0.3, -0.25) is 4.79 Å². The number of hydrogen-bond donors (Lipinski definition) is 2. The Balaban J connectivity index is 2.28. The third-order valence-electron chi connectivity index (χ3n) is 2.36. The molecule has 0 aliphatic rings. The quantitative estimate of drug-likeness (QED) is 0.807. The zero-order valence-corrected chi connectivity index (χ0v) is 11.9. The van der Waals surface area contributed by atoms with E-state index in [9.17, 15) is 9.18 Å². The van der Waals surface area contributed by atoms with Gasteiger partial charge in [0.2, 0.25) is 0 Å². The predicted molar refractivity (Wildman–Crippen MR) is 77.9 cm³/mol. The average molecular weight is 344 g/mol. The first-order valence-corrected chi connectivity index (χ1v) is 6.45. The van der Waals surface area contributed by atoms with Gasteiger partial charge in [-0.2, -0.15) is 0 Å². The number of amides is 1. The summed E-state index contributed by atoms with van der Waals surface area (Å²) in [7, 11) is 0. The molecule has 3 nitrogen and oxygen atoms in total. The largest absolute Gasteiger partial charge is 0.399 e. The molecule has 0 bridgehead atoms. The van der Waals surface area contributed by atoms with Gasteiger partial charge in [0.1, 0.15) is 5.82 Å². The molecule has 98 valence electrons. The van der Waals surface area contributed by atoms with Crippen LogP contribution in [0.1, 0.15) is 10.4 Å². The number of hydrogen-bond acceptors (Lipinski definition) is 2. The number of nitrogens with two attached hydrogens (primary N) is 1. The van der Waals surface area contributed by atoms with E-state index < -0.39 is 11.7 Å². The van der Waals surface area contributed by atoms with E-state index in [1.807, 2.05) is 0 Å². The highest BCUT2D eigenvalue weighted by atomic mass is 79.9. The lowest BCUT2D eigenvalue weighted by Crippen LogP contribution is -2.13. The molecule has 2 aromatic carbocycles. The number of benzene rings is 2. The number of carbonyl (C=O) groups is 1. The molecule has 2 rings (SSSR count). The number of nitrogens with one attached hydrogen (secondary N) is 1. The van der Waals surface area contributed by atoms with Crippen LogP contribution in [-0.4, -0.2) is 5.91 Å². The molecule has 3 N–H and O–H groups in total. The molecule has 0 unspecified atom stereocenters. The number of carbonyl (C=O) groups excluding carboxylic acids is 1. The van der Waals surface area contributed by atoms with Crippen molar-refractivity contribution in [1.29, 1.82) is 0 Å². The summed E-state index contributed by atoms with van der Waals surface area (Å²) in [4.78, 5) is 12.0. The first-order chi connectivity index (χ1) is 8.95. The van der Waals surface area contributed by atoms with E-state index in [1.165, 1.54) is 24.3 Å². The van der Waals surface area contributed by atoms with Gasteiger partial charge in [0, 0.05) is 20.7 Å². The van der Waals surface area contributed by atoms with Crippen LogP contribution in [0.3, 0.4) is 0 Å². The van der Waals surface area contributed by atoms with Gasteiger partial charge in [-0.1, -0.05) is 27.5 Å². The molecule has 0 spiro atoms. The molecule has 0 aliphatic heterocycles. The van der Waals surface area contributed by atoms with Gasteiger partial charge in [-0.25, -0.2) is 4.39 Å². The smallest absolute Gasteiger partial charge is 0.255 e. The fraction of sp³-hybridized carbons (Fsp3) is 0. The van der Waals surface area contributed by atoms with Crippen LogP contribution in [0, 0.1) is 5.82 Å². The minimum atomic E-state index is -0.555. The Morgan fingerprint density at radius 3 is 2.68 bits per heavy atom. The van der Waals surface area contributed by atoms with Gasteiger partial charge in [0.25, 0.3) is 5.91 Å². The van der Waals surface area contributed by atoms with Crippen molar-refractivity contribution in [3.05, 3.63) is 57.3 Å². The zero-order valence-electron chi connectivity index (χ0n) is 9.58. The average Bonchev–Trinajstić information content (AvgIpc) is 2.32. The number of nitrogen functional groups attached to an aromatic ring is 1. The summed E-state index contributed by atoms with van der Waals surface area (Å²) in [5.74, 6) is -1.02. The summed E-state index contributed by atoms with van der Waals surface area (Å²) in [6, 6.07) is 8.69. The molecule has 0 fully saturated rings. The SMILES string of the molecule is Nc1cc(Br)cc(C(=O)Nc2cc(Cl)ccc2F)c1. The van der Waals surface area contributed by atoms with Crippen molar-refractivity contribution in [1.82, 2.24) is 0 Å². The molecule has 1 amide bonds. The number of rotatable bonds is 2. The van der Waals surface area contributed by atoms with E-state index >= 15 is 0 Å². The van der Waals surface area contributed by atoms with Crippen LogP contribution < -0.4 is 11.1 Å². The first kappa shape index (κ1) is 13.8. The highest BCUT2D eigenvalue weighted by Crippen LogP contribution is 2.22. The lowest BCUT2D eigenvalue weighted by molar-refractivity contribution is 0.102. The van der Waals surface area contributed by atoms with Crippen molar-refractivity contribution in [2.75, 3.05) is 11.1 Å². The molecule has 19 heavy (non-hydrogen) atoms. The lowest BCUT2D eigenvalue weighted by atomic mass is 10.2. The Morgan fingerprint density at radius 1 is 1.26 bits per heavy atom. The Labute approximate surface area is 122 Å². The molecular weight excluding hydrogens is 335 g/mol. The fourth-order valence-corrected chi connectivity index (χ4v) is 2.21. The van der Waals surface area contributed by atoms with Crippen LogP contribution in [-0.2, 0) is 0 Å². The molecule has 2 aromatic rings. The Morgan fingerprint density at radius 2 is 2.00 bits per heavy atom. The van der Waals surface area contributed by atoms with Crippen LogP contribution in [0.2, 0.25) is 5.02 Å². The monoisotopic (exact) mass is 342 g/mol. The third kappa shape index (κ3) is 3.45.